The molecule has 1 aromatic carbocycles. The zero-order chi connectivity index (χ0) is 19.6. The van der Waals surface area contributed by atoms with Gasteiger partial charge in [-0.2, -0.15) is 0 Å². The standard InChI is InChI=1S/C22H35N3O2.HI/c1-5-23-22(25-15-12-20(13-16-25)21(26)27-4)24-14-6-7-18-8-10-19(11-9-18)17(2)3;/h8-11,17,20H,5-7,12-16H2,1-4H3,(H,23,24);1H. The summed E-state index contributed by atoms with van der Waals surface area (Å²) in [6.07, 6.45) is 3.75. The molecule has 0 saturated carbocycles. The van der Waals surface area contributed by atoms with Gasteiger partial charge < -0.3 is 15.0 Å². The fraction of sp³-hybridized carbons (Fsp3) is 0.636. The number of piperidine rings is 1. The number of likely N-dealkylation sites (tertiary alicyclic amines) is 1. The molecule has 6 heteroatoms. The molecule has 1 fully saturated rings. The Balaban J connectivity index is 0.00000392. The first-order valence-electron chi connectivity index (χ1n) is 10.2. The van der Waals surface area contributed by atoms with Gasteiger partial charge in [0.1, 0.15) is 0 Å². The van der Waals surface area contributed by atoms with E-state index in [9.17, 15) is 4.79 Å². The third kappa shape index (κ3) is 7.60. The van der Waals surface area contributed by atoms with Crippen LogP contribution in [0.25, 0.3) is 0 Å². The molecule has 1 saturated heterocycles. The van der Waals surface area contributed by atoms with Gasteiger partial charge >= 0.3 is 5.97 Å². The second kappa shape index (κ2) is 13.0. The first kappa shape index (κ1) is 24.7. The van der Waals surface area contributed by atoms with Crippen LogP contribution in [0.3, 0.4) is 0 Å². The van der Waals surface area contributed by atoms with Crippen molar-refractivity contribution in [2.45, 2.75) is 52.4 Å². The summed E-state index contributed by atoms with van der Waals surface area (Å²) in [5.41, 5.74) is 2.76. The van der Waals surface area contributed by atoms with Crippen LogP contribution in [0.15, 0.2) is 29.3 Å². The summed E-state index contributed by atoms with van der Waals surface area (Å²) in [6.45, 7) is 9.90. The number of methoxy groups -OCH3 is 1. The topological polar surface area (TPSA) is 53.9 Å². The van der Waals surface area contributed by atoms with Crippen molar-refractivity contribution in [3.8, 4) is 0 Å². The van der Waals surface area contributed by atoms with Gasteiger partial charge in [-0.1, -0.05) is 38.1 Å². The number of aryl methyl sites for hydroxylation is 1. The number of carbonyl (C=O) groups excluding carboxylic acids is 1. The molecule has 1 aromatic rings. The highest BCUT2D eigenvalue weighted by molar-refractivity contribution is 14.0. The number of carbonyl (C=O) groups is 1. The van der Waals surface area contributed by atoms with Crippen LogP contribution < -0.4 is 5.32 Å². The summed E-state index contributed by atoms with van der Waals surface area (Å²) < 4.78 is 4.87. The number of rotatable bonds is 7. The minimum atomic E-state index is -0.0833. The van der Waals surface area contributed by atoms with Crippen LogP contribution >= 0.6 is 24.0 Å². The third-order valence-corrected chi connectivity index (χ3v) is 5.20. The molecule has 0 radical (unpaired) electrons. The monoisotopic (exact) mass is 501 g/mol. The highest BCUT2D eigenvalue weighted by atomic mass is 127. The van der Waals surface area contributed by atoms with Crippen molar-refractivity contribution in [1.29, 1.82) is 0 Å². The zero-order valence-electron chi connectivity index (χ0n) is 17.7. The quantitative estimate of drug-likeness (QED) is 0.200. The van der Waals surface area contributed by atoms with Crippen molar-refractivity contribution >= 4 is 35.9 Å². The van der Waals surface area contributed by atoms with E-state index in [1.165, 1.54) is 18.2 Å². The molecule has 0 bridgehead atoms. The van der Waals surface area contributed by atoms with Gasteiger partial charge in [0.05, 0.1) is 13.0 Å². The Morgan fingerprint density at radius 1 is 1.25 bits per heavy atom. The van der Waals surface area contributed by atoms with Crippen LogP contribution in [0.5, 0.6) is 0 Å². The first-order chi connectivity index (χ1) is 13.0. The summed E-state index contributed by atoms with van der Waals surface area (Å²) in [6, 6.07) is 8.95. The molecule has 0 atom stereocenters. The van der Waals surface area contributed by atoms with E-state index in [-0.39, 0.29) is 35.9 Å². The molecule has 28 heavy (non-hydrogen) atoms. The van der Waals surface area contributed by atoms with E-state index >= 15 is 0 Å². The fourth-order valence-electron chi connectivity index (χ4n) is 3.46. The van der Waals surface area contributed by atoms with Crippen LogP contribution in [0.4, 0.5) is 0 Å². The number of ether oxygens (including phenoxy) is 1. The Kier molecular flexibility index (Phi) is 11.5. The molecular formula is C22H36IN3O2. The molecule has 1 N–H and O–H groups in total. The average molecular weight is 501 g/mol. The lowest BCUT2D eigenvalue weighted by atomic mass is 9.97. The lowest BCUT2D eigenvalue weighted by molar-refractivity contribution is -0.146. The van der Waals surface area contributed by atoms with Crippen molar-refractivity contribution in [1.82, 2.24) is 10.2 Å². The van der Waals surface area contributed by atoms with Crippen LogP contribution in [0.1, 0.15) is 57.1 Å². The summed E-state index contributed by atoms with van der Waals surface area (Å²) in [4.78, 5) is 18.8. The number of hydrogen-bond acceptors (Lipinski definition) is 3. The van der Waals surface area contributed by atoms with Crippen LogP contribution in [-0.4, -0.2) is 50.1 Å². The minimum Gasteiger partial charge on any atom is -0.469 e. The smallest absolute Gasteiger partial charge is 0.308 e. The van der Waals surface area contributed by atoms with Crippen molar-refractivity contribution in [2.24, 2.45) is 10.9 Å². The normalized spacial score (nSPS) is 15.3. The van der Waals surface area contributed by atoms with E-state index in [1.54, 1.807) is 0 Å². The van der Waals surface area contributed by atoms with Gasteiger partial charge in [0.25, 0.3) is 0 Å². The molecule has 1 aliphatic rings. The molecule has 0 aliphatic carbocycles. The Labute approximate surface area is 187 Å². The number of guanidine groups is 1. The van der Waals surface area contributed by atoms with E-state index in [0.29, 0.717) is 5.92 Å². The molecule has 0 aromatic heterocycles. The van der Waals surface area contributed by atoms with Gasteiger partial charge in [0, 0.05) is 26.2 Å². The van der Waals surface area contributed by atoms with Gasteiger partial charge in [0.2, 0.25) is 0 Å². The summed E-state index contributed by atoms with van der Waals surface area (Å²) in [7, 11) is 1.47. The van der Waals surface area contributed by atoms with Gasteiger partial charge in [-0.25, -0.2) is 0 Å². The number of halogens is 1. The maximum Gasteiger partial charge on any atom is 0.308 e. The summed E-state index contributed by atoms with van der Waals surface area (Å²) in [5, 5.41) is 3.39. The Hall–Kier alpha value is -1.31. The molecule has 5 nitrogen and oxygen atoms in total. The second-order valence-corrected chi connectivity index (χ2v) is 7.52. The van der Waals surface area contributed by atoms with Crippen LogP contribution in [0.2, 0.25) is 0 Å². The third-order valence-electron chi connectivity index (χ3n) is 5.20. The largest absolute Gasteiger partial charge is 0.469 e. The highest BCUT2D eigenvalue weighted by Crippen LogP contribution is 2.19. The SMILES string of the molecule is CCNC(=NCCCc1ccc(C(C)C)cc1)N1CCC(C(=O)OC)CC1.I. The number of esters is 1. The fourth-order valence-corrected chi connectivity index (χ4v) is 3.46. The van der Waals surface area contributed by atoms with E-state index in [4.69, 9.17) is 9.73 Å². The molecule has 1 aliphatic heterocycles. The van der Waals surface area contributed by atoms with Crippen LogP contribution in [-0.2, 0) is 16.0 Å². The van der Waals surface area contributed by atoms with Crippen molar-refractivity contribution in [3.05, 3.63) is 35.4 Å². The number of benzene rings is 1. The summed E-state index contributed by atoms with van der Waals surface area (Å²) in [5.74, 6) is 1.49. The van der Waals surface area contributed by atoms with Crippen molar-refractivity contribution in [2.75, 3.05) is 33.3 Å². The minimum absolute atomic E-state index is 0. The van der Waals surface area contributed by atoms with E-state index in [0.717, 1.165) is 57.8 Å². The molecule has 158 valence electrons. The van der Waals surface area contributed by atoms with Crippen molar-refractivity contribution in [3.63, 3.8) is 0 Å². The maximum absolute atomic E-state index is 11.7. The second-order valence-electron chi connectivity index (χ2n) is 7.52. The first-order valence-corrected chi connectivity index (χ1v) is 10.2. The average Bonchev–Trinajstić information content (AvgIpc) is 2.70. The van der Waals surface area contributed by atoms with Crippen molar-refractivity contribution < 1.29 is 9.53 Å². The number of aliphatic imine (C=N–C) groups is 1. The highest BCUT2D eigenvalue weighted by Gasteiger charge is 2.26. The molecule has 1 heterocycles. The molecule has 2 rings (SSSR count). The predicted octanol–water partition coefficient (Wildman–Crippen LogP) is 4.21. The van der Waals surface area contributed by atoms with Gasteiger partial charge in [-0.05, 0) is 49.7 Å². The summed E-state index contributed by atoms with van der Waals surface area (Å²) >= 11 is 0. The van der Waals surface area contributed by atoms with E-state index in [2.05, 4.69) is 55.3 Å². The van der Waals surface area contributed by atoms with E-state index in [1.807, 2.05) is 0 Å². The zero-order valence-corrected chi connectivity index (χ0v) is 20.1. The molecular weight excluding hydrogens is 465 g/mol. The lowest BCUT2D eigenvalue weighted by Gasteiger charge is -2.33. The number of nitrogens with one attached hydrogen (secondary N) is 1. The molecule has 0 amide bonds. The van der Waals surface area contributed by atoms with Gasteiger partial charge in [-0.3, -0.25) is 9.79 Å². The van der Waals surface area contributed by atoms with Gasteiger partial charge in [-0.15, -0.1) is 24.0 Å². The van der Waals surface area contributed by atoms with Gasteiger partial charge in [0.15, 0.2) is 5.96 Å². The number of hydrogen-bond donors (Lipinski definition) is 1. The van der Waals surface area contributed by atoms with E-state index < -0.39 is 0 Å². The Morgan fingerprint density at radius 2 is 1.89 bits per heavy atom. The van der Waals surface area contributed by atoms with Crippen LogP contribution in [0, 0.1) is 5.92 Å². The maximum atomic E-state index is 11.7. The molecule has 0 unspecified atom stereocenters. The Morgan fingerprint density at radius 3 is 2.43 bits per heavy atom. The molecule has 0 spiro atoms. The lowest BCUT2D eigenvalue weighted by Crippen LogP contribution is -2.46. The predicted molar refractivity (Wildman–Crippen MR) is 127 cm³/mol. The number of nitrogens with zero attached hydrogens (tertiary/aromatic N) is 2. The Bertz CT molecular complexity index is 609.